The summed E-state index contributed by atoms with van der Waals surface area (Å²) in [5.41, 5.74) is -0.302. The van der Waals surface area contributed by atoms with Gasteiger partial charge in [-0.1, -0.05) is 30.3 Å². The molecule has 1 fully saturated rings. The second kappa shape index (κ2) is 7.53. The molecule has 6 nitrogen and oxygen atoms in total. The Kier molecular flexibility index (Phi) is 5.19. The summed E-state index contributed by atoms with van der Waals surface area (Å²) in [5, 5.41) is 12.3. The van der Waals surface area contributed by atoms with Crippen LogP contribution in [-0.4, -0.2) is 35.7 Å². The highest BCUT2D eigenvalue weighted by molar-refractivity contribution is 5.87. The third kappa shape index (κ3) is 3.91. The summed E-state index contributed by atoms with van der Waals surface area (Å²) in [6.07, 6.45) is 2.23. The maximum Gasteiger partial charge on any atom is 0.329 e. The zero-order valence-corrected chi connectivity index (χ0v) is 13.8. The second-order valence-corrected chi connectivity index (χ2v) is 6.23. The van der Waals surface area contributed by atoms with E-state index in [1.54, 1.807) is 12.3 Å². The number of carboxylic acids is 1. The van der Waals surface area contributed by atoms with E-state index >= 15 is 0 Å². The van der Waals surface area contributed by atoms with Gasteiger partial charge in [0.15, 0.2) is 0 Å². The number of hydrogen-bond acceptors (Lipinski definition) is 4. The van der Waals surface area contributed by atoms with E-state index in [2.05, 4.69) is 5.32 Å². The first kappa shape index (κ1) is 17.2. The van der Waals surface area contributed by atoms with Crippen molar-refractivity contribution in [3.05, 3.63) is 60.1 Å². The van der Waals surface area contributed by atoms with Gasteiger partial charge in [-0.3, -0.25) is 4.79 Å². The van der Waals surface area contributed by atoms with Gasteiger partial charge in [-0.25, -0.2) is 4.79 Å². The Morgan fingerprint density at radius 2 is 1.84 bits per heavy atom. The Labute approximate surface area is 145 Å². The molecule has 0 bridgehead atoms. The van der Waals surface area contributed by atoms with Crippen LogP contribution in [0.2, 0.25) is 0 Å². The Hall–Kier alpha value is -2.60. The lowest BCUT2D eigenvalue weighted by Gasteiger charge is -2.34. The zero-order valence-electron chi connectivity index (χ0n) is 13.8. The number of ether oxygens (including phenoxy) is 1. The normalized spacial score (nSPS) is 17.6. The molecule has 1 aliphatic heterocycles. The number of amides is 1. The monoisotopic (exact) mass is 343 g/mol. The molecular weight excluding hydrogens is 322 g/mol. The molecule has 0 saturated carbocycles. The van der Waals surface area contributed by atoms with Crippen LogP contribution < -0.4 is 5.32 Å². The maximum atomic E-state index is 12.6. The van der Waals surface area contributed by atoms with Crippen molar-refractivity contribution in [3.8, 4) is 0 Å². The average Bonchev–Trinajstić information content (AvgIpc) is 3.15. The minimum atomic E-state index is -1.25. The van der Waals surface area contributed by atoms with Gasteiger partial charge < -0.3 is 19.6 Å². The fourth-order valence-electron chi connectivity index (χ4n) is 3.17. The average molecular weight is 343 g/mol. The maximum absolute atomic E-state index is 12.6. The van der Waals surface area contributed by atoms with E-state index in [1.807, 2.05) is 36.4 Å². The molecule has 25 heavy (non-hydrogen) atoms. The van der Waals surface area contributed by atoms with E-state index in [0.717, 1.165) is 5.56 Å². The van der Waals surface area contributed by atoms with Gasteiger partial charge in [0.1, 0.15) is 11.3 Å². The third-order valence-electron chi connectivity index (χ3n) is 4.61. The van der Waals surface area contributed by atoms with E-state index in [0.29, 0.717) is 19.0 Å². The number of nitrogens with one attached hydrogen (secondary N) is 1. The number of carbonyl (C=O) groups is 2. The Balaban J connectivity index is 1.77. The minimum absolute atomic E-state index is 0.118. The van der Waals surface area contributed by atoms with Crippen LogP contribution in [0.5, 0.6) is 0 Å². The Morgan fingerprint density at radius 1 is 1.12 bits per heavy atom. The number of aliphatic carboxylic acids is 1. The molecule has 1 aromatic carbocycles. The molecule has 0 aliphatic carbocycles. The van der Waals surface area contributed by atoms with Crippen LogP contribution in [0.1, 0.15) is 36.5 Å². The lowest BCUT2D eigenvalue weighted by Crippen LogP contribution is -2.57. The van der Waals surface area contributed by atoms with E-state index < -0.39 is 11.5 Å². The highest BCUT2D eigenvalue weighted by atomic mass is 16.5. The number of carbonyl (C=O) groups excluding carboxylic acids is 1. The van der Waals surface area contributed by atoms with Crippen molar-refractivity contribution in [1.29, 1.82) is 0 Å². The van der Waals surface area contributed by atoms with Crippen LogP contribution >= 0.6 is 0 Å². The van der Waals surface area contributed by atoms with E-state index in [-0.39, 0.29) is 31.1 Å². The largest absolute Gasteiger partial charge is 0.480 e. The first-order valence-electron chi connectivity index (χ1n) is 8.31. The predicted octanol–water partition coefficient (Wildman–Crippen LogP) is 2.55. The molecule has 3 rings (SSSR count). The SMILES string of the molecule is O=C(CC(c1ccccc1)c1ccco1)NC1(C(=O)O)CCOCC1. The molecule has 1 amide bonds. The van der Waals surface area contributed by atoms with Crippen molar-refractivity contribution in [2.45, 2.75) is 30.7 Å². The van der Waals surface area contributed by atoms with Crippen LogP contribution in [0.4, 0.5) is 0 Å². The standard InChI is InChI=1S/C19H21NO5/c21-17(20-19(18(22)23)8-11-24-12-9-19)13-15(16-7-4-10-25-16)14-5-2-1-3-6-14/h1-7,10,15H,8-9,11-13H2,(H,20,21)(H,22,23). The topological polar surface area (TPSA) is 88.8 Å². The molecule has 132 valence electrons. The van der Waals surface area contributed by atoms with Gasteiger partial charge >= 0.3 is 5.97 Å². The van der Waals surface area contributed by atoms with Crippen LogP contribution in [0.3, 0.4) is 0 Å². The number of benzene rings is 1. The van der Waals surface area contributed by atoms with Crippen LogP contribution in [0.25, 0.3) is 0 Å². The fourth-order valence-corrected chi connectivity index (χ4v) is 3.17. The summed E-state index contributed by atoms with van der Waals surface area (Å²) in [5.74, 6) is -0.910. The van der Waals surface area contributed by atoms with Crippen molar-refractivity contribution >= 4 is 11.9 Å². The summed E-state index contributed by atoms with van der Waals surface area (Å²) in [7, 11) is 0. The molecular formula is C19H21NO5. The lowest BCUT2D eigenvalue weighted by atomic mass is 9.88. The molecule has 2 aromatic rings. The van der Waals surface area contributed by atoms with Crippen molar-refractivity contribution in [1.82, 2.24) is 5.32 Å². The molecule has 2 N–H and O–H groups in total. The Morgan fingerprint density at radius 3 is 2.44 bits per heavy atom. The van der Waals surface area contributed by atoms with Crippen LogP contribution in [0, 0.1) is 0 Å². The summed E-state index contributed by atoms with van der Waals surface area (Å²) in [6.45, 7) is 0.653. The summed E-state index contributed by atoms with van der Waals surface area (Å²) in [6, 6.07) is 13.2. The summed E-state index contributed by atoms with van der Waals surface area (Å²) < 4.78 is 10.7. The predicted molar refractivity (Wildman–Crippen MR) is 90.2 cm³/mol. The van der Waals surface area contributed by atoms with Crippen molar-refractivity contribution < 1.29 is 23.8 Å². The molecule has 1 aromatic heterocycles. The van der Waals surface area contributed by atoms with Gasteiger partial charge in [0.05, 0.1) is 12.2 Å². The first-order chi connectivity index (χ1) is 12.1. The quantitative estimate of drug-likeness (QED) is 0.841. The zero-order chi connectivity index (χ0) is 17.7. The van der Waals surface area contributed by atoms with Crippen molar-refractivity contribution in [3.63, 3.8) is 0 Å². The van der Waals surface area contributed by atoms with Gasteiger partial charge in [-0.05, 0) is 17.7 Å². The highest BCUT2D eigenvalue weighted by Crippen LogP contribution is 2.29. The van der Waals surface area contributed by atoms with Gasteiger partial charge in [-0.2, -0.15) is 0 Å². The lowest BCUT2D eigenvalue weighted by molar-refractivity contribution is -0.152. The van der Waals surface area contributed by atoms with Crippen LogP contribution in [-0.2, 0) is 14.3 Å². The molecule has 1 aliphatic rings. The molecule has 0 spiro atoms. The number of furan rings is 1. The number of hydrogen-bond donors (Lipinski definition) is 2. The molecule has 1 saturated heterocycles. The van der Waals surface area contributed by atoms with Crippen molar-refractivity contribution in [2.24, 2.45) is 0 Å². The number of carboxylic acid groups (broad SMARTS) is 1. The molecule has 1 unspecified atom stereocenters. The van der Waals surface area contributed by atoms with Gasteiger partial charge in [0, 0.05) is 32.5 Å². The molecule has 1 atom stereocenters. The smallest absolute Gasteiger partial charge is 0.329 e. The number of rotatable bonds is 6. The Bertz CT molecular complexity index is 705. The van der Waals surface area contributed by atoms with Crippen LogP contribution in [0.15, 0.2) is 53.1 Å². The molecule has 0 radical (unpaired) electrons. The van der Waals surface area contributed by atoms with Gasteiger partial charge in [0.2, 0.25) is 5.91 Å². The molecule has 2 heterocycles. The van der Waals surface area contributed by atoms with E-state index in [4.69, 9.17) is 9.15 Å². The summed E-state index contributed by atoms with van der Waals surface area (Å²) >= 11 is 0. The van der Waals surface area contributed by atoms with Gasteiger partial charge in [0.25, 0.3) is 0 Å². The third-order valence-corrected chi connectivity index (χ3v) is 4.61. The minimum Gasteiger partial charge on any atom is -0.480 e. The molecule has 6 heteroatoms. The van der Waals surface area contributed by atoms with E-state index in [1.165, 1.54) is 0 Å². The second-order valence-electron chi connectivity index (χ2n) is 6.23. The fraction of sp³-hybridized carbons (Fsp3) is 0.368. The highest BCUT2D eigenvalue weighted by Gasteiger charge is 2.42. The first-order valence-corrected chi connectivity index (χ1v) is 8.31. The van der Waals surface area contributed by atoms with E-state index in [9.17, 15) is 14.7 Å². The van der Waals surface area contributed by atoms with Crippen molar-refractivity contribution in [2.75, 3.05) is 13.2 Å². The van der Waals surface area contributed by atoms with Gasteiger partial charge in [-0.15, -0.1) is 0 Å². The summed E-state index contributed by atoms with van der Waals surface area (Å²) in [4.78, 5) is 24.4.